The summed E-state index contributed by atoms with van der Waals surface area (Å²) in [5, 5.41) is 7.83. The first-order valence-corrected chi connectivity index (χ1v) is 6.40. The fourth-order valence-electron chi connectivity index (χ4n) is 1.77. The molecular weight excluding hydrogens is 242 g/mol. The van der Waals surface area contributed by atoms with E-state index >= 15 is 0 Å². The Morgan fingerprint density at radius 3 is 2.68 bits per heavy atom. The SMILES string of the molecule is CCc1nnc(COc2cc(C)ccc2[C@@H](C)N)o1. The number of hydrogen-bond acceptors (Lipinski definition) is 5. The van der Waals surface area contributed by atoms with Crippen LogP contribution in [0, 0.1) is 6.92 Å². The van der Waals surface area contributed by atoms with Crippen molar-refractivity contribution in [1.29, 1.82) is 0 Å². The largest absolute Gasteiger partial charge is 0.483 e. The highest BCUT2D eigenvalue weighted by Crippen LogP contribution is 2.25. The summed E-state index contributed by atoms with van der Waals surface area (Å²) in [5.41, 5.74) is 8.03. The normalized spacial score (nSPS) is 12.4. The second-order valence-electron chi connectivity index (χ2n) is 4.56. The number of aromatic nitrogens is 2. The highest BCUT2D eigenvalue weighted by molar-refractivity contribution is 5.38. The van der Waals surface area contributed by atoms with Gasteiger partial charge < -0.3 is 14.9 Å². The van der Waals surface area contributed by atoms with Crippen LogP contribution >= 0.6 is 0 Å². The van der Waals surface area contributed by atoms with E-state index in [2.05, 4.69) is 10.2 Å². The lowest BCUT2D eigenvalue weighted by molar-refractivity contribution is 0.256. The quantitative estimate of drug-likeness (QED) is 0.895. The molecule has 0 aliphatic rings. The van der Waals surface area contributed by atoms with Gasteiger partial charge in [-0.3, -0.25) is 0 Å². The molecule has 0 fully saturated rings. The molecule has 0 spiro atoms. The maximum atomic E-state index is 5.93. The molecule has 0 aliphatic heterocycles. The fourth-order valence-corrected chi connectivity index (χ4v) is 1.77. The summed E-state index contributed by atoms with van der Waals surface area (Å²) in [6.07, 6.45) is 0.725. The monoisotopic (exact) mass is 261 g/mol. The molecule has 1 atom stereocenters. The maximum Gasteiger partial charge on any atom is 0.253 e. The van der Waals surface area contributed by atoms with Crippen LogP contribution < -0.4 is 10.5 Å². The second-order valence-corrected chi connectivity index (χ2v) is 4.56. The number of rotatable bonds is 5. The molecule has 0 saturated carbocycles. The zero-order valence-corrected chi connectivity index (χ0v) is 11.5. The van der Waals surface area contributed by atoms with Gasteiger partial charge in [-0.1, -0.05) is 19.1 Å². The topological polar surface area (TPSA) is 74.2 Å². The lowest BCUT2D eigenvalue weighted by Crippen LogP contribution is -2.08. The molecule has 1 aromatic carbocycles. The predicted molar refractivity (Wildman–Crippen MR) is 71.8 cm³/mol. The van der Waals surface area contributed by atoms with Crippen molar-refractivity contribution in [2.75, 3.05) is 0 Å². The molecule has 5 nitrogen and oxygen atoms in total. The third-order valence-electron chi connectivity index (χ3n) is 2.82. The van der Waals surface area contributed by atoms with Crippen LogP contribution in [0.25, 0.3) is 0 Å². The van der Waals surface area contributed by atoms with Crippen molar-refractivity contribution < 1.29 is 9.15 Å². The first-order valence-electron chi connectivity index (χ1n) is 6.40. The number of aryl methyl sites for hydroxylation is 2. The lowest BCUT2D eigenvalue weighted by Gasteiger charge is -2.13. The van der Waals surface area contributed by atoms with Gasteiger partial charge in [0, 0.05) is 18.0 Å². The molecule has 2 N–H and O–H groups in total. The van der Waals surface area contributed by atoms with Gasteiger partial charge in [0.1, 0.15) is 5.75 Å². The zero-order chi connectivity index (χ0) is 13.8. The predicted octanol–water partition coefficient (Wildman–Crippen LogP) is 2.54. The van der Waals surface area contributed by atoms with E-state index in [0.29, 0.717) is 11.8 Å². The molecule has 2 rings (SSSR count). The Kier molecular flexibility index (Phi) is 4.16. The van der Waals surface area contributed by atoms with E-state index in [1.807, 2.05) is 39.0 Å². The smallest absolute Gasteiger partial charge is 0.253 e. The van der Waals surface area contributed by atoms with Crippen LogP contribution in [0.3, 0.4) is 0 Å². The van der Waals surface area contributed by atoms with Crippen LogP contribution in [-0.2, 0) is 13.0 Å². The van der Waals surface area contributed by atoms with Crippen molar-refractivity contribution in [1.82, 2.24) is 10.2 Å². The summed E-state index contributed by atoms with van der Waals surface area (Å²) in [5.74, 6) is 1.87. The van der Waals surface area contributed by atoms with E-state index in [9.17, 15) is 0 Å². The number of nitrogens with zero attached hydrogens (tertiary/aromatic N) is 2. The molecule has 0 unspecified atom stereocenters. The van der Waals surface area contributed by atoms with Gasteiger partial charge >= 0.3 is 0 Å². The van der Waals surface area contributed by atoms with Crippen molar-refractivity contribution in [3.63, 3.8) is 0 Å². The zero-order valence-electron chi connectivity index (χ0n) is 11.5. The molecular formula is C14H19N3O2. The molecule has 19 heavy (non-hydrogen) atoms. The molecule has 0 amide bonds. The molecule has 0 radical (unpaired) electrons. The summed E-state index contributed by atoms with van der Waals surface area (Å²) < 4.78 is 11.2. The molecule has 102 valence electrons. The van der Waals surface area contributed by atoms with Gasteiger partial charge in [0.05, 0.1) is 0 Å². The molecule has 1 heterocycles. The minimum Gasteiger partial charge on any atom is -0.483 e. The van der Waals surface area contributed by atoms with E-state index in [-0.39, 0.29) is 12.6 Å². The van der Waals surface area contributed by atoms with Crippen molar-refractivity contribution >= 4 is 0 Å². The number of benzene rings is 1. The molecule has 1 aromatic heterocycles. The second kappa shape index (κ2) is 5.84. The minimum absolute atomic E-state index is 0.0792. The Labute approximate surface area is 112 Å². The first-order chi connectivity index (χ1) is 9.10. The highest BCUT2D eigenvalue weighted by atomic mass is 16.5. The van der Waals surface area contributed by atoms with Crippen LogP contribution in [0.2, 0.25) is 0 Å². The summed E-state index contributed by atoms with van der Waals surface area (Å²) in [6, 6.07) is 5.90. The van der Waals surface area contributed by atoms with Crippen molar-refractivity contribution in [2.24, 2.45) is 5.73 Å². The number of hydrogen-bond donors (Lipinski definition) is 1. The van der Waals surface area contributed by atoms with Crippen molar-refractivity contribution in [2.45, 2.75) is 39.8 Å². The lowest BCUT2D eigenvalue weighted by atomic mass is 10.1. The summed E-state index contributed by atoms with van der Waals surface area (Å²) >= 11 is 0. The van der Waals surface area contributed by atoms with Crippen LogP contribution in [0.1, 0.15) is 42.8 Å². The average molecular weight is 261 g/mol. The molecule has 0 aliphatic carbocycles. The van der Waals surface area contributed by atoms with Crippen LogP contribution in [-0.4, -0.2) is 10.2 Å². The van der Waals surface area contributed by atoms with Gasteiger partial charge in [-0.15, -0.1) is 10.2 Å². The third kappa shape index (κ3) is 3.32. The molecule has 0 bridgehead atoms. The first kappa shape index (κ1) is 13.5. The minimum atomic E-state index is -0.0792. The van der Waals surface area contributed by atoms with E-state index < -0.39 is 0 Å². The van der Waals surface area contributed by atoms with Gasteiger partial charge in [0.2, 0.25) is 5.89 Å². The molecule has 0 saturated heterocycles. The molecule has 5 heteroatoms. The van der Waals surface area contributed by atoms with E-state index in [4.69, 9.17) is 14.9 Å². The average Bonchev–Trinajstić information content (AvgIpc) is 2.84. The van der Waals surface area contributed by atoms with Gasteiger partial charge in [-0.05, 0) is 25.5 Å². The summed E-state index contributed by atoms with van der Waals surface area (Å²) in [4.78, 5) is 0. The number of ether oxygens (including phenoxy) is 1. The van der Waals surface area contributed by atoms with Crippen LogP contribution in [0.5, 0.6) is 5.75 Å². The maximum absolute atomic E-state index is 5.93. The van der Waals surface area contributed by atoms with Gasteiger partial charge in [0.15, 0.2) is 6.61 Å². The van der Waals surface area contributed by atoms with Crippen LogP contribution in [0.15, 0.2) is 22.6 Å². The third-order valence-corrected chi connectivity index (χ3v) is 2.82. The Balaban J connectivity index is 2.12. The van der Waals surface area contributed by atoms with Crippen molar-refractivity contribution in [3.05, 3.63) is 41.1 Å². The van der Waals surface area contributed by atoms with E-state index in [1.54, 1.807) is 0 Å². The Hall–Kier alpha value is -1.88. The Morgan fingerprint density at radius 2 is 2.05 bits per heavy atom. The van der Waals surface area contributed by atoms with Gasteiger partial charge in [-0.2, -0.15) is 0 Å². The number of nitrogens with two attached hydrogens (primary N) is 1. The standard InChI is InChI=1S/C14H19N3O2/c1-4-13-16-17-14(19-13)8-18-12-7-9(2)5-6-11(12)10(3)15/h5-7,10H,4,8,15H2,1-3H3/t10-/m1/s1. The van der Waals surface area contributed by atoms with E-state index in [1.165, 1.54) is 0 Å². The summed E-state index contributed by atoms with van der Waals surface area (Å²) in [6.45, 7) is 6.17. The fraction of sp³-hybridized carbons (Fsp3) is 0.429. The van der Waals surface area contributed by atoms with Crippen LogP contribution in [0.4, 0.5) is 0 Å². The van der Waals surface area contributed by atoms with E-state index in [0.717, 1.165) is 23.3 Å². The van der Waals surface area contributed by atoms with Gasteiger partial charge in [-0.25, -0.2) is 0 Å². The van der Waals surface area contributed by atoms with Crippen molar-refractivity contribution in [3.8, 4) is 5.75 Å². The Morgan fingerprint density at radius 1 is 1.32 bits per heavy atom. The Bertz CT molecular complexity index is 549. The highest BCUT2D eigenvalue weighted by Gasteiger charge is 2.10. The molecule has 2 aromatic rings. The van der Waals surface area contributed by atoms with Gasteiger partial charge in [0.25, 0.3) is 5.89 Å². The summed E-state index contributed by atoms with van der Waals surface area (Å²) in [7, 11) is 0.